The van der Waals surface area contributed by atoms with Crippen LogP contribution in [0.25, 0.3) is 0 Å². The number of carboxylic acids is 1. The van der Waals surface area contributed by atoms with Gasteiger partial charge in [0.1, 0.15) is 18.5 Å². The van der Waals surface area contributed by atoms with Gasteiger partial charge in [-0.3, -0.25) is 9.59 Å². The Labute approximate surface area is 188 Å². The summed E-state index contributed by atoms with van der Waals surface area (Å²) >= 11 is 0. The SMILES string of the molecule is O=C(O)CCC/C=C\C[C@@H]1[C@@H]([C@H]2OC2C(=O)COc2cccc(C(F)(F)F)c2)[C@H](O)C[C@@H]1O. The lowest BCUT2D eigenvalue weighted by Crippen LogP contribution is -2.30. The van der Waals surface area contributed by atoms with Gasteiger partial charge in [0.2, 0.25) is 5.78 Å². The number of halogens is 3. The van der Waals surface area contributed by atoms with E-state index in [2.05, 4.69) is 0 Å². The number of carbonyl (C=O) groups excluding carboxylic acids is 1. The Morgan fingerprint density at radius 2 is 1.94 bits per heavy atom. The molecule has 3 rings (SSSR count). The van der Waals surface area contributed by atoms with Crippen molar-refractivity contribution in [2.45, 2.75) is 62.7 Å². The summed E-state index contributed by atoms with van der Waals surface area (Å²) in [6.07, 6.45) is -2.17. The first kappa shape index (κ1) is 25.2. The number of allylic oxidation sites excluding steroid dienone is 2. The van der Waals surface area contributed by atoms with E-state index in [0.717, 1.165) is 12.1 Å². The minimum Gasteiger partial charge on any atom is -0.486 e. The highest BCUT2D eigenvalue weighted by atomic mass is 19.4. The number of aliphatic hydroxyl groups excluding tert-OH is 2. The van der Waals surface area contributed by atoms with Crippen LogP contribution in [0.3, 0.4) is 0 Å². The second-order valence-corrected chi connectivity index (χ2v) is 8.41. The molecule has 1 aromatic rings. The van der Waals surface area contributed by atoms with E-state index in [1.165, 1.54) is 12.1 Å². The molecule has 0 aromatic heterocycles. The molecule has 182 valence electrons. The van der Waals surface area contributed by atoms with Crippen LogP contribution in [0.1, 0.15) is 37.7 Å². The molecule has 1 heterocycles. The molecule has 7 nitrogen and oxygen atoms in total. The zero-order chi connectivity index (χ0) is 24.2. The van der Waals surface area contributed by atoms with Crippen molar-refractivity contribution in [3.63, 3.8) is 0 Å². The molecule has 2 fully saturated rings. The van der Waals surface area contributed by atoms with Gasteiger partial charge in [0, 0.05) is 12.3 Å². The van der Waals surface area contributed by atoms with E-state index in [1.54, 1.807) is 0 Å². The maximum Gasteiger partial charge on any atom is 0.416 e. The molecular formula is C23H27F3O7. The van der Waals surface area contributed by atoms with E-state index in [1.807, 2.05) is 12.2 Å². The Morgan fingerprint density at radius 3 is 2.64 bits per heavy atom. The number of rotatable bonds is 11. The molecule has 1 saturated heterocycles. The molecule has 0 spiro atoms. The monoisotopic (exact) mass is 472 g/mol. The molecule has 1 aliphatic carbocycles. The first-order valence-electron chi connectivity index (χ1n) is 10.8. The van der Waals surface area contributed by atoms with Gasteiger partial charge in [-0.25, -0.2) is 0 Å². The summed E-state index contributed by atoms with van der Waals surface area (Å²) in [6, 6.07) is 4.23. The first-order valence-corrected chi connectivity index (χ1v) is 10.8. The quantitative estimate of drug-likeness (QED) is 0.258. The van der Waals surface area contributed by atoms with Crippen LogP contribution < -0.4 is 4.74 Å². The number of carbonyl (C=O) groups is 2. The van der Waals surface area contributed by atoms with Crippen LogP contribution in [0.15, 0.2) is 36.4 Å². The minimum absolute atomic E-state index is 0.0695. The standard InChI is InChI=1S/C23H27F3O7/c24-23(25,26)13-6-5-7-14(10-13)32-12-18(29)21-22(33-21)20-15(16(27)11-17(20)28)8-3-1-2-4-9-19(30)31/h1,3,5-7,10,15-17,20-22,27-28H,2,4,8-9,11-12H2,(H,30,31)/b3-1-/t15-,16-,17+,20+,21?,22+/m0/s1. The van der Waals surface area contributed by atoms with Crippen molar-refractivity contribution >= 4 is 11.8 Å². The number of hydrogen-bond donors (Lipinski definition) is 3. The number of aliphatic hydroxyl groups is 2. The maximum absolute atomic E-state index is 12.8. The summed E-state index contributed by atoms with van der Waals surface area (Å²) < 4.78 is 49.1. The molecule has 10 heteroatoms. The van der Waals surface area contributed by atoms with Gasteiger partial charge in [0.25, 0.3) is 0 Å². The van der Waals surface area contributed by atoms with Crippen LogP contribution in [0.2, 0.25) is 0 Å². The highest BCUT2D eigenvalue weighted by molar-refractivity contribution is 5.87. The summed E-state index contributed by atoms with van der Waals surface area (Å²) in [5.41, 5.74) is -0.880. The van der Waals surface area contributed by atoms with Gasteiger partial charge in [-0.1, -0.05) is 18.2 Å². The van der Waals surface area contributed by atoms with Crippen LogP contribution >= 0.6 is 0 Å². The van der Waals surface area contributed by atoms with E-state index < -0.39 is 60.4 Å². The average Bonchev–Trinajstić information content (AvgIpc) is 3.47. The van der Waals surface area contributed by atoms with Crippen LogP contribution in [0.5, 0.6) is 5.75 Å². The summed E-state index contributed by atoms with van der Waals surface area (Å²) in [4.78, 5) is 23.0. The molecule has 1 saturated carbocycles. The van der Waals surface area contributed by atoms with Gasteiger partial charge < -0.3 is 24.8 Å². The van der Waals surface area contributed by atoms with E-state index in [4.69, 9.17) is 14.6 Å². The number of epoxide rings is 1. The Hall–Kier alpha value is -2.43. The molecule has 1 aliphatic heterocycles. The molecule has 6 atom stereocenters. The second-order valence-electron chi connectivity index (χ2n) is 8.41. The van der Waals surface area contributed by atoms with E-state index >= 15 is 0 Å². The summed E-state index contributed by atoms with van der Waals surface area (Å²) in [7, 11) is 0. The molecule has 2 aliphatic rings. The number of carboxylic acid groups (broad SMARTS) is 1. The number of ketones is 1. The number of aliphatic carboxylic acids is 1. The van der Waals surface area contributed by atoms with Crippen LogP contribution in [-0.2, 0) is 20.5 Å². The van der Waals surface area contributed by atoms with E-state index in [0.29, 0.717) is 19.3 Å². The number of alkyl halides is 3. The third-order valence-corrected chi connectivity index (χ3v) is 6.02. The number of ether oxygens (including phenoxy) is 2. The van der Waals surface area contributed by atoms with Gasteiger partial charge in [0.15, 0.2) is 0 Å². The van der Waals surface area contributed by atoms with Crippen molar-refractivity contribution < 1.29 is 47.6 Å². The molecular weight excluding hydrogens is 445 g/mol. The summed E-state index contributed by atoms with van der Waals surface area (Å²) in [5, 5.41) is 29.3. The lowest BCUT2D eigenvalue weighted by Gasteiger charge is -2.20. The Balaban J connectivity index is 1.51. The Bertz CT molecular complexity index is 870. The molecule has 0 radical (unpaired) electrons. The number of Topliss-reactive ketones (excluding diaryl/α,β-unsaturated/α-hetero) is 1. The largest absolute Gasteiger partial charge is 0.486 e. The minimum atomic E-state index is -4.52. The van der Waals surface area contributed by atoms with Crippen LogP contribution in [0, 0.1) is 11.8 Å². The van der Waals surface area contributed by atoms with Crippen LogP contribution in [0.4, 0.5) is 13.2 Å². The zero-order valence-corrected chi connectivity index (χ0v) is 17.8. The van der Waals surface area contributed by atoms with Gasteiger partial charge in [-0.2, -0.15) is 13.2 Å². The molecule has 0 bridgehead atoms. The molecule has 33 heavy (non-hydrogen) atoms. The summed E-state index contributed by atoms with van der Waals surface area (Å²) in [6.45, 7) is -0.470. The molecule has 1 unspecified atom stereocenters. The fourth-order valence-corrected chi connectivity index (χ4v) is 4.31. The van der Waals surface area contributed by atoms with Crippen molar-refractivity contribution in [2.75, 3.05) is 6.61 Å². The molecule has 0 amide bonds. The van der Waals surface area contributed by atoms with Gasteiger partial charge in [0.05, 0.1) is 23.9 Å². The molecule has 1 aromatic carbocycles. The van der Waals surface area contributed by atoms with Crippen molar-refractivity contribution in [3.8, 4) is 5.75 Å². The fraction of sp³-hybridized carbons (Fsp3) is 0.565. The highest BCUT2D eigenvalue weighted by Crippen LogP contribution is 2.45. The summed E-state index contributed by atoms with van der Waals surface area (Å²) in [5.74, 6) is -2.20. The van der Waals surface area contributed by atoms with E-state index in [9.17, 15) is 33.0 Å². The number of hydrogen-bond acceptors (Lipinski definition) is 6. The number of benzene rings is 1. The zero-order valence-electron chi connectivity index (χ0n) is 17.8. The third kappa shape index (κ3) is 6.78. The predicted molar refractivity (Wildman–Crippen MR) is 109 cm³/mol. The van der Waals surface area contributed by atoms with Crippen molar-refractivity contribution in [2.24, 2.45) is 11.8 Å². The predicted octanol–water partition coefficient (Wildman–Crippen LogP) is 2.98. The fourth-order valence-electron chi connectivity index (χ4n) is 4.31. The number of unbranched alkanes of at least 4 members (excludes halogenated alkanes) is 1. The van der Waals surface area contributed by atoms with Crippen molar-refractivity contribution in [1.82, 2.24) is 0 Å². The maximum atomic E-state index is 12.8. The lowest BCUT2D eigenvalue weighted by atomic mass is 9.86. The second kappa shape index (κ2) is 10.7. The Morgan fingerprint density at radius 1 is 1.18 bits per heavy atom. The van der Waals surface area contributed by atoms with Gasteiger partial charge in [-0.05, 0) is 49.8 Å². The average molecular weight is 472 g/mol. The van der Waals surface area contributed by atoms with Gasteiger partial charge >= 0.3 is 12.1 Å². The lowest BCUT2D eigenvalue weighted by molar-refractivity contribution is -0.138. The van der Waals surface area contributed by atoms with Crippen molar-refractivity contribution in [1.29, 1.82) is 0 Å². The Kier molecular flexibility index (Phi) is 8.14. The van der Waals surface area contributed by atoms with E-state index in [-0.39, 0.29) is 24.5 Å². The topological polar surface area (TPSA) is 117 Å². The van der Waals surface area contributed by atoms with Gasteiger partial charge in [-0.15, -0.1) is 0 Å². The molecule has 3 N–H and O–H groups in total. The van der Waals surface area contributed by atoms with Crippen LogP contribution in [-0.4, -0.2) is 58.1 Å². The smallest absolute Gasteiger partial charge is 0.416 e. The first-order chi connectivity index (χ1) is 15.6. The highest BCUT2D eigenvalue weighted by Gasteiger charge is 2.57. The van der Waals surface area contributed by atoms with Crippen molar-refractivity contribution in [3.05, 3.63) is 42.0 Å². The normalized spacial score (nSPS) is 29.4. The third-order valence-electron chi connectivity index (χ3n) is 6.02.